The van der Waals surface area contributed by atoms with E-state index in [4.69, 9.17) is 4.98 Å². The lowest BCUT2D eigenvalue weighted by Gasteiger charge is -2.19. The van der Waals surface area contributed by atoms with E-state index >= 15 is 0 Å². The van der Waals surface area contributed by atoms with Crippen molar-refractivity contribution in [3.8, 4) is 0 Å². The van der Waals surface area contributed by atoms with Gasteiger partial charge in [0, 0.05) is 21.0 Å². The van der Waals surface area contributed by atoms with Crippen molar-refractivity contribution in [1.82, 2.24) is 4.98 Å². The highest BCUT2D eigenvalue weighted by Gasteiger charge is 2.16. The SMILES string of the molecule is Cc1cc(C(C)(C)C)nc2cc(Br)ccc12. The predicted molar refractivity (Wildman–Crippen MR) is 72.9 cm³/mol. The van der Waals surface area contributed by atoms with E-state index in [0.29, 0.717) is 0 Å². The normalized spacial score (nSPS) is 12.1. The van der Waals surface area contributed by atoms with Gasteiger partial charge in [0.15, 0.2) is 0 Å². The molecule has 0 radical (unpaired) electrons. The Morgan fingerprint density at radius 1 is 1.12 bits per heavy atom. The molecule has 2 rings (SSSR count). The predicted octanol–water partition coefficient (Wildman–Crippen LogP) is 4.60. The fourth-order valence-electron chi connectivity index (χ4n) is 1.76. The van der Waals surface area contributed by atoms with Crippen LogP contribution in [0.2, 0.25) is 0 Å². The van der Waals surface area contributed by atoms with Crippen LogP contribution in [0.1, 0.15) is 32.0 Å². The van der Waals surface area contributed by atoms with Crippen LogP contribution in [0.4, 0.5) is 0 Å². The van der Waals surface area contributed by atoms with Crippen LogP contribution in [0.3, 0.4) is 0 Å². The molecule has 0 unspecified atom stereocenters. The van der Waals surface area contributed by atoms with Crippen molar-refractivity contribution in [3.05, 3.63) is 40.0 Å². The summed E-state index contributed by atoms with van der Waals surface area (Å²) >= 11 is 3.49. The second kappa shape index (κ2) is 3.85. The third-order valence-electron chi connectivity index (χ3n) is 2.75. The molecule has 1 aromatic heterocycles. The Morgan fingerprint density at radius 3 is 2.44 bits per heavy atom. The Morgan fingerprint density at radius 2 is 1.81 bits per heavy atom. The van der Waals surface area contributed by atoms with E-state index in [0.717, 1.165) is 15.7 Å². The minimum Gasteiger partial charge on any atom is -0.252 e. The van der Waals surface area contributed by atoms with E-state index in [-0.39, 0.29) is 5.41 Å². The standard InChI is InChI=1S/C14H16BrN/c1-9-7-13(14(2,3)4)16-12-8-10(15)5-6-11(9)12/h5-8H,1-4H3. The summed E-state index contributed by atoms with van der Waals surface area (Å²) in [5.74, 6) is 0. The number of rotatable bonds is 0. The summed E-state index contributed by atoms with van der Waals surface area (Å²) in [7, 11) is 0. The molecule has 0 aliphatic carbocycles. The lowest BCUT2D eigenvalue weighted by Crippen LogP contribution is -2.13. The number of aryl methyl sites for hydroxylation is 1. The van der Waals surface area contributed by atoms with Gasteiger partial charge in [-0.05, 0) is 30.7 Å². The molecule has 0 aliphatic heterocycles. The zero-order chi connectivity index (χ0) is 11.9. The third kappa shape index (κ3) is 2.12. The van der Waals surface area contributed by atoms with E-state index in [2.05, 4.69) is 67.9 Å². The van der Waals surface area contributed by atoms with Gasteiger partial charge in [0.25, 0.3) is 0 Å². The van der Waals surface area contributed by atoms with Crippen molar-refractivity contribution in [2.24, 2.45) is 0 Å². The summed E-state index contributed by atoms with van der Waals surface area (Å²) in [5, 5.41) is 1.23. The number of pyridine rings is 1. The molecule has 2 heteroatoms. The van der Waals surface area contributed by atoms with Crippen molar-refractivity contribution in [2.45, 2.75) is 33.1 Å². The second-order valence-corrected chi connectivity index (χ2v) is 6.15. The highest BCUT2D eigenvalue weighted by atomic mass is 79.9. The fraction of sp³-hybridized carbons (Fsp3) is 0.357. The molecular formula is C14H16BrN. The lowest BCUT2D eigenvalue weighted by atomic mass is 9.90. The molecule has 0 atom stereocenters. The molecule has 0 amide bonds. The van der Waals surface area contributed by atoms with Gasteiger partial charge in [0.2, 0.25) is 0 Å². The number of halogens is 1. The number of aromatic nitrogens is 1. The number of nitrogens with zero attached hydrogens (tertiary/aromatic N) is 1. The molecule has 0 saturated carbocycles. The molecule has 0 spiro atoms. The Hall–Kier alpha value is -0.890. The Balaban J connectivity index is 2.75. The summed E-state index contributed by atoms with van der Waals surface area (Å²) in [6.45, 7) is 8.73. The maximum Gasteiger partial charge on any atom is 0.0719 e. The molecule has 0 N–H and O–H groups in total. The van der Waals surface area contributed by atoms with Gasteiger partial charge >= 0.3 is 0 Å². The van der Waals surface area contributed by atoms with Crippen molar-refractivity contribution in [2.75, 3.05) is 0 Å². The average Bonchev–Trinajstić information content (AvgIpc) is 2.15. The van der Waals surface area contributed by atoms with Gasteiger partial charge in [0.1, 0.15) is 0 Å². The molecule has 0 bridgehead atoms. The van der Waals surface area contributed by atoms with Crippen LogP contribution in [-0.4, -0.2) is 4.98 Å². The van der Waals surface area contributed by atoms with Crippen molar-refractivity contribution in [3.63, 3.8) is 0 Å². The van der Waals surface area contributed by atoms with E-state index in [1.165, 1.54) is 10.9 Å². The molecule has 1 heterocycles. The lowest BCUT2D eigenvalue weighted by molar-refractivity contribution is 0.571. The molecular weight excluding hydrogens is 262 g/mol. The van der Waals surface area contributed by atoms with Gasteiger partial charge in [-0.25, -0.2) is 0 Å². The number of fused-ring (bicyclic) bond motifs is 1. The maximum absolute atomic E-state index is 4.74. The van der Waals surface area contributed by atoms with Crippen LogP contribution < -0.4 is 0 Å². The first-order valence-electron chi connectivity index (χ1n) is 5.45. The van der Waals surface area contributed by atoms with E-state index in [9.17, 15) is 0 Å². The molecule has 2 aromatic rings. The summed E-state index contributed by atoms with van der Waals surface area (Å²) in [5.41, 5.74) is 3.61. The Bertz CT molecular complexity index is 538. The van der Waals surface area contributed by atoms with Gasteiger partial charge in [-0.3, -0.25) is 4.98 Å². The first-order valence-corrected chi connectivity index (χ1v) is 6.24. The highest BCUT2D eigenvalue weighted by Crippen LogP contribution is 2.27. The van der Waals surface area contributed by atoms with Crippen LogP contribution in [0, 0.1) is 6.92 Å². The first-order chi connectivity index (χ1) is 7.38. The van der Waals surface area contributed by atoms with Crippen LogP contribution >= 0.6 is 15.9 Å². The van der Waals surface area contributed by atoms with Gasteiger partial charge < -0.3 is 0 Å². The van der Waals surface area contributed by atoms with Gasteiger partial charge in [-0.15, -0.1) is 0 Å². The Labute approximate surface area is 105 Å². The van der Waals surface area contributed by atoms with E-state index in [1.807, 2.05) is 0 Å². The smallest absolute Gasteiger partial charge is 0.0719 e. The average molecular weight is 278 g/mol. The molecule has 16 heavy (non-hydrogen) atoms. The van der Waals surface area contributed by atoms with Crippen LogP contribution in [-0.2, 0) is 5.41 Å². The van der Waals surface area contributed by atoms with Crippen molar-refractivity contribution < 1.29 is 0 Å². The van der Waals surface area contributed by atoms with Crippen molar-refractivity contribution >= 4 is 26.8 Å². The van der Waals surface area contributed by atoms with Crippen LogP contribution in [0.5, 0.6) is 0 Å². The molecule has 0 fully saturated rings. The fourth-order valence-corrected chi connectivity index (χ4v) is 2.11. The van der Waals surface area contributed by atoms with E-state index in [1.54, 1.807) is 0 Å². The van der Waals surface area contributed by atoms with Gasteiger partial charge in [0.05, 0.1) is 5.52 Å². The number of hydrogen-bond acceptors (Lipinski definition) is 1. The van der Waals surface area contributed by atoms with E-state index < -0.39 is 0 Å². The Kier molecular flexibility index (Phi) is 2.79. The number of hydrogen-bond donors (Lipinski definition) is 0. The third-order valence-corrected chi connectivity index (χ3v) is 3.24. The zero-order valence-corrected chi connectivity index (χ0v) is 11.7. The van der Waals surface area contributed by atoms with Gasteiger partial charge in [-0.2, -0.15) is 0 Å². The first kappa shape index (κ1) is 11.6. The summed E-state index contributed by atoms with van der Waals surface area (Å²) < 4.78 is 1.08. The maximum atomic E-state index is 4.74. The molecule has 84 valence electrons. The molecule has 1 nitrogen and oxygen atoms in total. The molecule has 1 aromatic carbocycles. The van der Waals surface area contributed by atoms with Crippen LogP contribution in [0.15, 0.2) is 28.7 Å². The summed E-state index contributed by atoms with van der Waals surface area (Å²) in [6, 6.07) is 8.45. The minimum atomic E-state index is 0.0985. The molecule has 0 saturated heterocycles. The zero-order valence-electron chi connectivity index (χ0n) is 10.1. The van der Waals surface area contributed by atoms with Gasteiger partial charge in [-0.1, -0.05) is 42.8 Å². The van der Waals surface area contributed by atoms with Crippen LogP contribution in [0.25, 0.3) is 10.9 Å². The minimum absolute atomic E-state index is 0.0985. The largest absolute Gasteiger partial charge is 0.252 e. The quantitative estimate of drug-likeness (QED) is 0.686. The highest BCUT2D eigenvalue weighted by molar-refractivity contribution is 9.10. The summed E-state index contributed by atoms with van der Waals surface area (Å²) in [6.07, 6.45) is 0. The second-order valence-electron chi connectivity index (χ2n) is 5.24. The summed E-state index contributed by atoms with van der Waals surface area (Å²) in [4.78, 5) is 4.74. The number of benzene rings is 1. The topological polar surface area (TPSA) is 12.9 Å². The molecule has 0 aliphatic rings. The van der Waals surface area contributed by atoms with Crippen molar-refractivity contribution in [1.29, 1.82) is 0 Å². The monoisotopic (exact) mass is 277 g/mol.